The average Bonchev–Trinajstić information content (AvgIpc) is 3.17. The summed E-state index contributed by atoms with van der Waals surface area (Å²) < 4.78 is 8.81. The maximum Gasteiger partial charge on any atom is 0.272 e. The first kappa shape index (κ1) is 18.6. The van der Waals surface area contributed by atoms with Crippen molar-refractivity contribution in [3.05, 3.63) is 87.2 Å². The van der Waals surface area contributed by atoms with Gasteiger partial charge in [0.1, 0.15) is 11.5 Å². The third-order valence-corrected chi connectivity index (χ3v) is 5.49. The van der Waals surface area contributed by atoms with Gasteiger partial charge in [0.2, 0.25) is 0 Å². The first-order chi connectivity index (χ1) is 13.4. The Balaban J connectivity index is 1.70. The van der Waals surface area contributed by atoms with Gasteiger partial charge in [0.15, 0.2) is 5.58 Å². The summed E-state index contributed by atoms with van der Waals surface area (Å²) in [6, 6.07) is 17.8. The summed E-state index contributed by atoms with van der Waals surface area (Å²) in [7, 11) is 0. The van der Waals surface area contributed by atoms with Gasteiger partial charge in [0.05, 0.1) is 5.52 Å². The van der Waals surface area contributed by atoms with Gasteiger partial charge in [-0.15, -0.1) is 0 Å². The Morgan fingerprint density at radius 2 is 1.75 bits per heavy atom. The fraction of sp³-hybridized carbons (Fsp3) is 0.174. The Labute approximate surface area is 172 Å². The minimum absolute atomic E-state index is 0.149. The zero-order valence-electron chi connectivity index (χ0n) is 16.0. The van der Waals surface area contributed by atoms with Crippen LogP contribution in [0.2, 0.25) is 0 Å². The van der Waals surface area contributed by atoms with E-state index in [0.717, 1.165) is 38.1 Å². The van der Waals surface area contributed by atoms with E-state index in [1.165, 1.54) is 5.56 Å². The molecule has 4 aromatic rings. The van der Waals surface area contributed by atoms with E-state index in [1.54, 1.807) is 0 Å². The molecule has 0 radical (unpaired) electrons. The number of fused-ring (bicyclic) bond motifs is 1. The molecule has 1 amide bonds. The van der Waals surface area contributed by atoms with Crippen LogP contribution in [0.15, 0.2) is 63.5 Å². The number of aryl methyl sites for hydroxylation is 3. The predicted molar refractivity (Wildman–Crippen MR) is 116 cm³/mol. The van der Waals surface area contributed by atoms with Gasteiger partial charge in [-0.1, -0.05) is 34.1 Å². The van der Waals surface area contributed by atoms with Crippen LogP contribution in [0.25, 0.3) is 11.1 Å². The second-order valence-corrected chi connectivity index (χ2v) is 8.02. The number of nitrogens with one attached hydrogen (secondary N) is 1. The van der Waals surface area contributed by atoms with E-state index in [0.29, 0.717) is 12.2 Å². The molecule has 0 spiro atoms. The molecule has 0 fully saturated rings. The molecule has 0 saturated carbocycles. The third-order valence-electron chi connectivity index (χ3n) is 4.96. The van der Waals surface area contributed by atoms with Crippen molar-refractivity contribution in [1.29, 1.82) is 0 Å². The zero-order valence-corrected chi connectivity index (χ0v) is 17.6. The molecule has 4 rings (SSSR count). The number of hydrogen-bond acceptors (Lipinski definition) is 2. The lowest BCUT2D eigenvalue weighted by Crippen LogP contribution is -2.17. The lowest BCUT2D eigenvalue weighted by atomic mass is 10.1. The molecule has 142 valence electrons. The fourth-order valence-electron chi connectivity index (χ4n) is 3.31. The highest BCUT2D eigenvalue weighted by Crippen LogP contribution is 2.26. The van der Waals surface area contributed by atoms with Crippen LogP contribution in [0, 0.1) is 20.8 Å². The molecule has 0 unspecified atom stereocenters. The molecule has 4 nitrogen and oxygen atoms in total. The SMILES string of the molecule is Cc1cc2c(cc(C(=O)Nc3ccc(C)c(C)c3)n2Cc2ccc(Br)cc2)o1. The van der Waals surface area contributed by atoms with Gasteiger partial charge in [-0.2, -0.15) is 0 Å². The molecule has 0 saturated heterocycles. The summed E-state index contributed by atoms with van der Waals surface area (Å²) in [6.45, 7) is 6.60. The number of carbonyl (C=O) groups is 1. The number of nitrogens with zero attached hydrogens (tertiary/aromatic N) is 1. The highest BCUT2D eigenvalue weighted by molar-refractivity contribution is 9.10. The molecule has 0 aliphatic heterocycles. The Hall–Kier alpha value is -2.79. The summed E-state index contributed by atoms with van der Waals surface area (Å²) in [4.78, 5) is 13.0. The van der Waals surface area contributed by atoms with E-state index in [4.69, 9.17) is 4.42 Å². The van der Waals surface area contributed by atoms with Gasteiger partial charge >= 0.3 is 0 Å². The van der Waals surface area contributed by atoms with E-state index in [2.05, 4.69) is 28.2 Å². The van der Waals surface area contributed by atoms with Gasteiger partial charge < -0.3 is 14.3 Å². The van der Waals surface area contributed by atoms with Crippen molar-refractivity contribution in [2.45, 2.75) is 27.3 Å². The van der Waals surface area contributed by atoms with Gasteiger partial charge in [-0.25, -0.2) is 0 Å². The number of carbonyl (C=O) groups excluding carboxylic acids is 1. The Bertz CT molecular complexity index is 1170. The molecule has 1 N–H and O–H groups in total. The summed E-state index contributed by atoms with van der Waals surface area (Å²) in [5.74, 6) is 0.681. The molecule has 0 bridgehead atoms. The van der Waals surface area contributed by atoms with Crippen molar-refractivity contribution in [3.8, 4) is 0 Å². The van der Waals surface area contributed by atoms with Crippen molar-refractivity contribution in [2.24, 2.45) is 0 Å². The van der Waals surface area contributed by atoms with E-state index >= 15 is 0 Å². The van der Waals surface area contributed by atoms with E-state index in [9.17, 15) is 4.79 Å². The lowest BCUT2D eigenvalue weighted by Gasteiger charge is -2.12. The second-order valence-electron chi connectivity index (χ2n) is 7.10. The number of halogens is 1. The zero-order chi connectivity index (χ0) is 19.8. The highest BCUT2D eigenvalue weighted by atomic mass is 79.9. The smallest absolute Gasteiger partial charge is 0.272 e. The van der Waals surface area contributed by atoms with Gasteiger partial charge in [-0.3, -0.25) is 4.79 Å². The van der Waals surface area contributed by atoms with Crippen LogP contribution in [0.1, 0.15) is 32.9 Å². The summed E-state index contributed by atoms with van der Waals surface area (Å²) in [5.41, 5.74) is 6.47. The number of aromatic nitrogens is 1. The number of anilines is 1. The van der Waals surface area contributed by atoms with Crippen LogP contribution in [0.3, 0.4) is 0 Å². The monoisotopic (exact) mass is 436 g/mol. The largest absolute Gasteiger partial charge is 0.460 e. The molecular formula is C23H21BrN2O2. The van der Waals surface area contributed by atoms with Crippen molar-refractivity contribution in [3.63, 3.8) is 0 Å². The maximum atomic E-state index is 13.0. The average molecular weight is 437 g/mol. The number of furan rings is 1. The van der Waals surface area contributed by atoms with E-state index < -0.39 is 0 Å². The molecule has 0 atom stereocenters. The molecule has 28 heavy (non-hydrogen) atoms. The third kappa shape index (κ3) is 3.62. The molecule has 5 heteroatoms. The van der Waals surface area contributed by atoms with Crippen LogP contribution < -0.4 is 5.32 Å². The van der Waals surface area contributed by atoms with E-state index in [-0.39, 0.29) is 5.91 Å². The second kappa shape index (κ2) is 7.32. The number of benzene rings is 2. The van der Waals surface area contributed by atoms with Crippen molar-refractivity contribution in [2.75, 3.05) is 5.32 Å². The summed E-state index contributed by atoms with van der Waals surface area (Å²) in [6.07, 6.45) is 0. The Morgan fingerprint density at radius 3 is 2.46 bits per heavy atom. The quantitative estimate of drug-likeness (QED) is 0.412. The lowest BCUT2D eigenvalue weighted by molar-refractivity contribution is 0.101. The highest BCUT2D eigenvalue weighted by Gasteiger charge is 2.19. The van der Waals surface area contributed by atoms with Crippen LogP contribution in [-0.2, 0) is 6.54 Å². The molecule has 0 aliphatic rings. The Kier molecular flexibility index (Phi) is 4.85. The van der Waals surface area contributed by atoms with Crippen LogP contribution in [0.4, 0.5) is 5.69 Å². The van der Waals surface area contributed by atoms with Crippen LogP contribution in [0.5, 0.6) is 0 Å². The molecule has 2 heterocycles. The van der Waals surface area contributed by atoms with Crippen LogP contribution >= 0.6 is 15.9 Å². The number of rotatable bonds is 4. The van der Waals surface area contributed by atoms with Crippen molar-refractivity contribution >= 4 is 38.6 Å². The Morgan fingerprint density at radius 1 is 1.00 bits per heavy atom. The molecule has 0 aliphatic carbocycles. The predicted octanol–water partition coefficient (Wildman–Crippen LogP) is 6.22. The first-order valence-electron chi connectivity index (χ1n) is 9.13. The fourth-order valence-corrected chi connectivity index (χ4v) is 3.57. The van der Waals surface area contributed by atoms with Gasteiger partial charge in [0.25, 0.3) is 5.91 Å². The minimum atomic E-state index is -0.149. The molecule has 2 aromatic heterocycles. The minimum Gasteiger partial charge on any atom is -0.460 e. The first-order valence-corrected chi connectivity index (χ1v) is 9.93. The van der Waals surface area contributed by atoms with Crippen LogP contribution in [-0.4, -0.2) is 10.5 Å². The normalized spacial score (nSPS) is 11.1. The standard InChI is InChI=1S/C23H21BrN2O2/c1-14-4-9-19(10-15(14)2)25-23(27)21-12-22-20(11-16(3)28-22)26(21)13-17-5-7-18(24)8-6-17/h4-12H,13H2,1-3H3,(H,25,27). The molecule has 2 aromatic carbocycles. The van der Waals surface area contributed by atoms with Crippen molar-refractivity contribution < 1.29 is 9.21 Å². The van der Waals surface area contributed by atoms with E-state index in [1.807, 2.05) is 73.0 Å². The number of hydrogen-bond donors (Lipinski definition) is 1. The summed E-state index contributed by atoms with van der Waals surface area (Å²) >= 11 is 3.47. The van der Waals surface area contributed by atoms with Gasteiger partial charge in [-0.05, 0) is 61.7 Å². The summed E-state index contributed by atoms with van der Waals surface area (Å²) in [5, 5.41) is 3.02. The number of amides is 1. The van der Waals surface area contributed by atoms with Gasteiger partial charge in [0, 0.05) is 28.8 Å². The van der Waals surface area contributed by atoms with Crippen molar-refractivity contribution in [1.82, 2.24) is 4.57 Å². The topological polar surface area (TPSA) is 47.2 Å². The maximum absolute atomic E-state index is 13.0. The molecular weight excluding hydrogens is 416 g/mol.